The average molecular weight is 267 g/mol. The van der Waals surface area contributed by atoms with Crippen LogP contribution in [0.15, 0.2) is 48.5 Å². The van der Waals surface area contributed by atoms with E-state index in [0.29, 0.717) is 5.56 Å². The van der Waals surface area contributed by atoms with E-state index < -0.39 is 0 Å². The maximum absolute atomic E-state index is 11.5. The number of carbonyl (C=O) groups excluding carboxylic acids is 1. The molecule has 20 heavy (non-hydrogen) atoms. The molecule has 0 aromatic heterocycles. The van der Waals surface area contributed by atoms with Crippen LogP contribution in [0, 0.1) is 0 Å². The number of benzene rings is 2. The molecular formula is C18H21NO. The van der Waals surface area contributed by atoms with E-state index in [9.17, 15) is 4.79 Å². The predicted molar refractivity (Wildman–Crippen MR) is 84.0 cm³/mol. The molecule has 104 valence electrons. The quantitative estimate of drug-likeness (QED) is 0.875. The zero-order valence-electron chi connectivity index (χ0n) is 12.5. The molecule has 0 radical (unpaired) electrons. The van der Waals surface area contributed by atoms with Gasteiger partial charge in [0.15, 0.2) is 0 Å². The van der Waals surface area contributed by atoms with E-state index in [4.69, 9.17) is 0 Å². The second kappa shape index (κ2) is 5.49. The molecule has 0 unspecified atom stereocenters. The van der Waals surface area contributed by atoms with E-state index in [-0.39, 0.29) is 11.3 Å². The fourth-order valence-corrected chi connectivity index (χ4v) is 2.12. The van der Waals surface area contributed by atoms with Gasteiger partial charge >= 0.3 is 0 Å². The van der Waals surface area contributed by atoms with E-state index in [1.165, 1.54) is 11.1 Å². The number of hydrogen-bond acceptors (Lipinski definition) is 1. The number of rotatable bonds is 2. The third-order valence-corrected chi connectivity index (χ3v) is 3.46. The zero-order valence-corrected chi connectivity index (χ0v) is 12.5. The van der Waals surface area contributed by atoms with Crippen LogP contribution in [0.4, 0.5) is 0 Å². The van der Waals surface area contributed by atoms with E-state index in [1.807, 2.05) is 24.3 Å². The Morgan fingerprint density at radius 1 is 0.850 bits per heavy atom. The van der Waals surface area contributed by atoms with E-state index in [2.05, 4.69) is 50.4 Å². The third kappa shape index (κ3) is 3.08. The van der Waals surface area contributed by atoms with Crippen molar-refractivity contribution in [2.75, 3.05) is 7.05 Å². The van der Waals surface area contributed by atoms with Gasteiger partial charge in [0.25, 0.3) is 5.91 Å². The topological polar surface area (TPSA) is 29.1 Å². The monoisotopic (exact) mass is 267 g/mol. The minimum Gasteiger partial charge on any atom is -0.355 e. The minimum absolute atomic E-state index is 0.0559. The molecule has 1 amide bonds. The van der Waals surface area contributed by atoms with Crippen LogP contribution in [0.2, 0.25) is 0 Å². The van der Waals surface area contributed by atoms with Crippen molar-refractivity contribution in [3.05, 3.63) is 59.7 Å². The highest BCUT2D eigenvalue weighted by Gasteiger charge is 2.13. The lowest BCUT2D eigenvalue weighted by Gasteiger charge is -2.19. The van der Waals surface area contributed by atoms with Crippen LogP contribution in [0.25, 0.3) is 11.1 Å². The number of hydrogen-bond donors (Lipinski definition) is 1. The predicted octanol–water partition coefficient (Wildman–Crippen LogP) is 4.01. The summed E-state index contributed by atoms with van der Waals surface area (Å²) in [6.45, 7) is 6.63. The smallest absolute Gasteiger partial charge is 0.251 e. The second-order valence-corrected chi connectivity index (χ2v) is 5.98. The van der Waals surface area contributed by atoms with Crippen molar-refractivity contribution < 1.29 is 4.79 Å². The van der Waals surface area contributed by atoms with Crippen LogP contribution in [0.5, 0.6) is 0 Å². The van der Waals surface area contributed by atoms with Gasteiger partial charge in [0.05, 0.1) is 0 Å². The second-order valence-electron chi connectivity index (χ2n) is 5.98. The van der Waals surface area contributed by atoms with E-state index >= 15 is 0 Å². The molecule has 0 atom stereocenters. The summed E-state index contributed by atoms with van der Waals surface area (Å²) < 4.78 is 0. The summed E-state index contributed by atoms with van der Waals surface area (Å²) in [6.07, 6.45) is 0. The van der Waals surface area contributed by atoms with Crippen LogP contribution in [0.1, 0.15) is 36.7 Å². The highest BCUT2D eigenvalue weighted by molar-refractivity contribution is 5.94. The van der Waals surface area contributed by atoms with Gasteiger partial charge in [-0.05, 0) is 34.2 Å². The first-order valence-electron chi connectivity index (χ1n) is 6.85. The Morgan fingerprint density at radius 2 is 1.30 bits per heavy atom. The van der Waals surface area contributed by atoms with Gasteiger partial charge in [-0.25, -0.2) is 0 Å². The lowest BCUT2D eigenvalue weighted by Crippen LogP contribution is -2.17. The van der Waals surface area contributed by atoms with Gasteiger partial charge in [0, 0.05) is 12.6 Å². The van der Waals surface area contributed by atoms with Gasteiger partial charge in [-0.1, -0.05) is 57.2 Å². The van der Waals surface area contributed by atoms with E-state index in [1.54, 1.807) is 7.05 Å². The number of carbonyl (C=O) groups is 1. The molecule has 0 aliphatic rings. The fourth-order valence-electron chi connectivity index (χ4n) is 2.12. The molecule has 0 aliphatic carbocycles. The SMILES string of the molecule is CNC(=O)c1ccc(-c2ccc(C(C)(C)C)cc2)cc1. The largest absolute Gasteiger partial charge is 0.355 e. The highest BCUT2D eigenvalue weighted by atomic mass is 16.1. The maximum Gasteiger partial charge on any atom is 0.251 e. The molecule has 1 N–H and O–H groups in total. The van der Waals surface area contributed by atoms with Crippen molar-refractivity contribution in [3.8, 4) is 11.1 Å². The van der Waals surface area contributed by atoms with Gasteiger partial charge < -0.3 is 5.32 Å². The highest BCUT2D eigenvalue weighted by Crippen LogP contribution is 2.26. The molecule has 0 heterocycles. The molecule has 0 bridgehead atoms. The summed E-state index contributed by atoms with van der Waals surface area (Å²) in [5.74, 6) is -0.0559. The van der Waals surface area contributed by atoms with Crippen molar-refractivity contribution in [1.82, 2.24) is 5.32 Å². The molecule has 2 rings (SSSR count). The zero-order chi connectivity index (χ0) is 14.8. The van der Waals surface area contributed by atoms with Gasteiger partial charge in [-0.2, -0.15) is 0 Å². The first-order chi connectivity index (χ1) is 9.41. The molecule has 2 aromatic carbocycles. The van der Waals surface area contributed by atoms with Gasteiger partial charge in [-0.3, -0.25) is 4.79 Å². The first kappa shape index (κ1) is 14.3. The Kier molecular flexibility index (Phi) is 3.93. The lowest BCUT2D eigenvalue weighted by atomic mass is 9.86. The van der Waals surface area contributed by atoms with Crippen LogP contribution >= 0.6 is 0 Å². The molecule has 0 spiro atoms. The Hall–Kier alpha value is -2.09. The third-order valence-electron chi connectivity index (χ3n) is 3.46. The molecule has 2 heteroatoms. The Balaban J connectivity index is 2.26. The molecule has 0 fully saturated rings. The maximum atomic E-state index is 11.5. The standard InChI is InChI=1S/C18H21NO/c1-18(2,3)16-11-9-14(10-12-16)13-5-7-15(8-6-13)17(20)19-4/h5-12H,1-4H3,(H,19,20). The summed E-state index contributed by atoms with van der Waals surface area (Å²) in [7, 11) is 1.64. The molecule has 0 saturated heterocycles. The van der Waals surface area contributed by atoms with Crippen molar-refractivity contribution in [3.63, 3.8) is 0 Å². The summed E-state index contributed by atoms with van der Waals surface area (Å²) in [5.41, 5.74) is 4.46. The Morgan fingerprint density at radius 3 is 1.70 bits per heavy atom. The van der Waals surface area contributed by atoms with Gasteiger partial charge in [0.1, 0.15) is 0 Å². The Labute approximate surface area is 120 Å². The minimum atomic E-state index is -0.0559. The molecular weight excluding hydrogens is 246 g/mol. The van der Waals surface area contributed by atoms with Crippen LogP contribution in [-0.4, -0.2) is 13.0 Å². The summed E-state index contributed by atoms with van der Waals surface area (Å²) in [6, 6.07) is 16.3. The van der Waals surface area contributed by atoms with E-state index in [0.717, 1.165) is 5.56 Å². The van der Waals surface area contributed by atoms with Crippen LogP contribution in [0.3, 0.4) is 0 Å². The molecule has 0 saturated carbocycles. The normalized spacial score (nSPS) is 11.2. The molecule has 2 aromatic rings. The first-order valence-corrected chi connectivity index (χ1v) is 6.85. The fraction of sp³-hybridized carbons (Fsp3) is 0.278. The molecule has 0 aliphatic heterocycles. The average Bonchev–Trinajstić information content (AvgIpc) is 2.46. The van der Waals surface area contributed by atoms with Crippen molar-refractivity contribution >= 4 is 5.91 Å². The number of nitrogens with one attached hydrogen (secondary N) is 1. The van der Waals surface area contributed by atoms with Gasteiger partial charge in [-0.15, -0.1) is 0 Å². The van der Waals surface area contributed by atoms with Crippen molar-refractivity contribution in [2.24, 2.45) is 0 Å². The number of amides is 1. The summed E-state index contributed by atoms with van der Waals surface area (Å²) in [4.78, 5) is 11.5. The van der Waals surface area contributed by atoms with Crippen LogP contribution < -0.4 is 5.32 Å². The Bertz CT molecular complexity index is 589. The van der Waals surface area contributed by atoms with Crippen molar-refractivity contribution in [1.29, 1.82) is 0 Å². The summed E-state index contributed by atoms with van der Waals surface area (Å²) in [5, 5.41) is 2.63. The summed E-state index contributed by atoms with van der Waals surface area (Å²) >= 11 is 0. The van der Waals surface area contributed by atoms with Gasteiger partial charge in [0.2, 0.25) is 0 Å². The molecule has 2 nitrogen and oxygen atoms in total. The van der Waals surface area contributed by atoms with Crippen LogP contribution in [-0.2, 0) is 5.41 Å². The van der Waals surface area contributed by atoms with Crippen molar-refractivity contribution in [2.45, 2.75) is 26.2 Å². The lowest BCUT2D eigenvalue weighted by molar-refractivity contribution is 0.0963.